The van der Waals surface area contributed by atoms with Gasteiger partial charge in [-0.15, -0.1) is 0 Å². The molecule has 1 N–H and O–H groups in total. The van der Waals surface area contributed by atoms with Gasteiger partial charge in [-0.25, -0.2) is 0 Å². The molecule has 2 atom stereocenters. The number of nitrogens with zero attached hydrogens (tertiary/aromatic N) is 1. The maximum absolute atomic E-state index is 12.9. The average molecular weight is 391 g/mol. The van der Waals surface area contributed by atoms with Gasteiger partial charge in [0.2, 0.25) is 11.8 Å². The van der Waals surface area contributed by atoms with Crippen LogP contribution in [0.15, 0.2) is 18.2 Å². The second-order valence-electron chi connectivity index (χ2n) is 7.86. The van der Waals surface area contributed by atoms with E-state index in [9.17, 15) is 9.59 Å². The van der Waals surface area contributed by atoms with E-state index in [1.807, 2.05) is 36.9 Å². The van der Waals surface area contributed by atoms with E-state index in [-0.39, 0.29) is 23.7 Å². The molecule has 0 saturated carbocycles. The largest absolute Gasteiger partial charge is 0.497 e. The monoisotopic (exact) mass is 390 g/mol. The van der Waals surface area contributed by atoms with Gasteiger partial charge >= 0.3 is 0 Å². The molecule has 1 aliphatic rings. The maximum Gasteiger partial charge on any atom is 0.225 e. The van der Waals surface area contributed by atoms with Crippen molar-refractivity contribution in [3.63, 3.8) is 0 Å². The molecule has 6 nitrogen and oxygen atoms in total. The molecule has 2 amide bonds. The molecule has 1 aromatic carbocycles. The number of unbranched alkanes of at least 4 members (excludes halogenated alkanes) is 1. The van der Waals surface area contributed by atoms with Gasteiger partial charge in [-0.05, 0) is 18.4 Å². The average Bonchev–Trinajstić information content (AvgIpc) is 3.12. The molecule has 1 aromatic rings. The van der Waals surface area contributed by atoms with Crippen LogP contribution in [0.4, 0.5) is 0 Å². The van der Waals surface area contributed by atoms with Crippen molar-refractivity contribution >= 4 is 11.8 Å². The fourth-order valence-electron chi connectivity index (χ4n) is 3.71. The zero-order valence-electron chi connectivity index (χ0n) is 17.8. The van der Waals surface area contributed by atoms with Crippen molar-refractivity contribution in [1.29, 1.82) is 0 Å². The van der Waals surface area contributed by atoms with E-state index in [0.717, 1.165) is 18.4 Å². The third-order valence-corrected chi connectivity index (χ3v) is 5.26. The lowest BCUT2D eigenvalue weighted by molar-refractivity contribution is -0.131. The molecule has 1 fully saturated rings. The van der Waals surface area contributed by atoms with Gasteiger partial charge in [0.05, 0.1) is 20.1 Å². The Labute approximate surface area is 168 Å². The second kappa shape index (κ2) is 10.3. The number of carbonyl (C=O) groups excluding carboxylic acids is 2. The minimum Gasteiger partial charge on any atom is -0.497 e. The Morgan fingerprint density at radius 2 is 1.96 bits per heavy atom. The first-order chi connectivity index (χ1) is 13.4. The Bertz CT molecular complexity index is 675. The summed E-state index contributed by atoms with van der Waals surface area (Å²) in [6, 6.07) is 5.66. The third-order valence-electron chi connectivity index (χ3n) is 5.26. The summed E-state index contributed by atoms with van der Waals surface area (Å²) in [5, 5.41) is 3.04. The lowest BCUT2D eigenvalue weighted by Crippen LogP contribution is -2.36. The van der Waals surface area contributed by atoms with Crippen molar-refractivity contribution in [3.05, 3.63) is 23.8 Å². The summed E-state index contributed by atoms with van der Waals surface area (Å²) in [6.07, 6.45) is 2.47. The molecule has 0 aliphatic carbocycles. The Hall–Kier alpha value is -2.24. The molecule has 28 heavy (non-hydrogen) atoms. The summed E-state index contributed by atoms with van der Waals surface area (Å²) in [6.45, 7) is 7.81. The summed E-state index contributed by atoms with van der Waals surface area (Å²) in [5.41, 5.74) is 0.943. The lowest BCUT2D eigenvalue weighted by Gasteiger charge is -2.21. The van der Waals surface area contributed by atoms with Crippen LogP contribution in [-0.2, 0) is 9.59 Å². The SMILES string of the molecule is CCCCNC(=O)[C@H]1CN(C(=O)CC(C)C)C[C@H]1c1ccc(OC)cc1OC. The highest BCUT2D eigenvalue weighted by Gasteiger charge is 2.41. The third kappa shape index (κ3) is 5.40. The molecule has 2 rings (SSSR count). The van der Waals surface area contributed by atoms with Crippen molar-refractivity contribution < 1.29 is 19.1 Å². The van der Waals surface area contributed by atoms with E-state index in [1.165, 1.54) is 0 Å². The van der Waals surface area contributed by atoms with Crippen LogP contribution in [0.25, 0.3) is 0 Å². The Balaban J connectivity index is 2.28. The van der Waals surface area contributed by atoms with E-state index < -0.39 is 0 Å². The van der Waals surface area contributed by atoms with Crippen LogP contribution < -0.4 is 14.8 Å². The topological polar surface area (TPSA) is 67.9 Å². The number of amides is 2. The van der Waals surface area contributed by atoms with Crippen molar-refractivity contribution in [2.24, 2.45) is 11.8 Å². The van der Waals surface area contributed by atoms with Crippen LogP contribution in [0.1, 0.15) is 51.5 Å². The molecule has 1 saturated heterocycles. The van der Waals surface area contributed by atoms with Gasteiger partial charge in [-0.3, -0.25) is 9.59 Å². The molecule has 0 bridgehead atoms. The van der Waals surface area contributed by atoms with Gasteiger partial charge in [0.25, 0.3) is 0 Å². The van der Waals surface area contributed by atoms with Gasteiger partial charge in [0.1, 0.15) is 11.5 Å². The number of carbonyl (C=O) groups is 2. The Morgan fingerprint density at radius 1 is 1.21 bits per heavy atom. The molecule has 0 spiro atoms. The number of ether oxygens (including phenoxy) is 2. The van der Waals surface area contributed by atoms with Crippen LogP contribution in [0.5, 0.6) is 11.5 Å². The van der Waals surface area contributed by atoms with E-state index in [1.54, 1.807) is 14.2 Å². The van der Waals surface area contributed by atoms with E-state index in [4.69, 9.17) is 9.47 Å². The van der Waals surface area contributed by atoms with Crippen LogP contribution in [0.2, 0.25) is 0 Å². The van der Waals surface area contributed by atoms with Crippen molar-refractivity contribution in [3.8, 4) is 11.5 Å². The highest BCUT2D eigenvalue weighted by atomic mass is 16.5. The zero-order valence-corrected chi connectivity index (χ0v) is 17.8. The first-order valence-electron chi connectivity index (χ1n) is 10.2. The lowest BCUT2D eigenvalue weighted by atomic mass is 9.87. The van der Waals surface area contributed by atoms with Crippen molar-refractivity contribution in [2.45, 2.75) is 46.0 Å². The molecule has 156 valence electrons. The quantitative estimate of drug-likeness (QED) is 0.658. The minimum absolute atomic E-state index is 0.0103. The highest BCUT2D eigenvalue weighted by molar-refractivity contribution is 5.83. The van der Waals surface area contributed by atoms with Crippen LogP contribution in [0.3, 0.4) is 0 Å². The number of hydrogen-bond acceptors (Lipinski definition) is 4. The number of nitrogens with one attached hydrogen (secondary N) is 1. The van der Waals surface area contributed by atoms with E-state index in [0.29, 0.717) is 43.5 Å². The summed E-state index contributed by atoms with van der Waals surface area (Å²) in [5.74, 6) is 1.42. The number of benzene rings is 1. The number of methoxy groups -OCH3 is 2. The summed E-state index contributed by atoms with van der Waals surface area (Å²) < 4.78 is 10.9. The molecule has 0 unspecified atom stereocenters. The minimum atomic E-state index is -0.282. The molecule has 1 heterocycles. The second-order valence-corrected chi connectivity index (χ2v) is 7.86. The first-order valence-corrected chi connectivity index (χ1v) is 10.2. The maximum atomic E-state index is 12.9. The zero-order chi connectivity index (χ0) is 20.7. The van der Waals surface area contributed by atoms with Crippen LogP contribution in [-0.4, -0.2) is 50.6 Å². The predicted molar refractivity (Wildman–Crippen MR) is 110 cm³/mol. The standard InChI is InChI=1S/C22H34N2O4/c1-6-7-10-23-22(26)19-14-24(21(25)11-15(2)3)13-18(19)17-9-8-16(27-4)12-20(17)28-5/h8-9,12,15,18-19H,6-7,10-11,13-14H2,1-5H3,(H,23,26)/t18-,19-/m0/s1. The van der Waals surface area contributed by atoms with Crippen molar-refractivity contribution in [1.82, 2.24) is 10.2 Å². The Morgan fingerprint density at radius 3 is 2.57 bits per heavy atom. The Kier molecular flexibility index (Phi) is 8.15. The predicted octanol–water partition coefficient (Wildman–Crippen LogP) is 3.21. The van der Waals surface area contributed by atoms with Gasteiger partial charge in [-0.2, -0.15) is 0 Å². The number of hydrogen-bond donors (Lipinski definition) is 1. The van der Waals surface area contributed by atoms with Gasteiger partial charge < -0.3 is 19.7 Å². The number of rotatable bonds is 9. The van der Waals surface area contributed by atoms with Crippen LogP contribution >= 0.6 is 0 Å². The summed E-state index contributed by atoms with van der Waals surface area (Å²) in [7, 11) is 3.23. The van der Waals surface area contributed by atoms with E-state index in [2.05, 4.69) is 12.2 Å². The highest BCUT2D eigenvalue weighted by Crippen LogP contribution is 2.39. The smallest absolute Gasteiger partial charge is 0.225 e. The van der Waals surface area contributed by atoms with E-state index >= 15 is 0 Å². The fourth-order valence-corrected chi connectivity index (χ4v) is 3.71. The molecule has 0 aromatic heterocycles. The number of likely N-dealkylation sites (tertiary alicyclic amines) is 1. The summed E-state index contributed by atoms with van der Waals surface area (Å²) in [4.78, 5) is 27.4. The molecular weight excluding hydrogens is 356 g/mol. The molecular formula is C22H34N2O4. The summed E-state index contributed by atoms with van der Waals surface area (Å²) >= 11 is 0. The van der Waals surface area contributed by atoms with Crippen LogP contribution in [0, 0.1) is 11.8 Å². The fraction of sp³-hybridized carbons (Fsp3) is 0.636. The van der Waals surface area contributed by atoms with Gasteiger partial charge in [0, 0.05) is 43.6 Å². The molecule has 0 radical (unpaired) electrons. The molecule has 1 aliphatic heterocycles. The van der Waals surface area contributed by atoms with Gasteiger partial charge in [0.15, 0.2) is 0 Å². The first kappa shape index (κ1) is 22.1. The molecule has 6 heteroatoms. The van der Waals surface area contributed by atoms with Gasteiger partial charge in [-0.1, -0.05) is 33.3 Å². The van der Waals surface area contributed by atoms with Crippen molar-refractivity contribution in [2.75, 3.05) is 33.9 Å². The normalized spacial score (nSPS) is 19.0.